The van der Waals surface area contributed by atoms with Crippen LogP contribution < -0.4 is 0 Å². The van der Waals surface area contributed by atoms with Gasteiger partial charge < -0.3 is 9.26 Å². The maximum absolute atomic E-state index is 13.4. The molecule has 2 heterocycles. The van der Waals surface area contributed by atoms with E-state index >= 15 is 0 Å². The number of hydrogen-bond donors (Lipinski definition) is 0. The van der Waals surface area contributed by atoms with Gasteiger partial charge in [0.15, 0.2) is 0 Å². The minimum atomic E-state index is -3.62. The zero-order valence-electron chi connectivity index (χ0n) is 18.5. The number of nitrogens with zero attached hydrogens (tertiary/aromatic N) is 2. The number of ether oxygens (including phenoxy) is 1. The molecule has 1 saturated heterocycles. The minimum Gasteiger partial charge on any atom is -0.460 e. The molecule has 7 nitrogen and oxygen atoms in total. The molecule has 0 aliphatic carbocycles. The van der Waals surface area contributed by atoms with Gasteiger partial charge in [-0.3, -0.25) is 4.79 Å². The lowest BCUT2D eigenvalue weighted by molar-refractivity contribution is -0.151. The summed E-state index contributed by atoms with van der Waals surface area (Å²) in [7, 11) is -3.62. The Labute approximate surface area is 178 Å². The molecule has 1 aromatic carbocycles. The van der Waals surface area contributed by atoms with Crippen molar-refractivity contribution in [1.29, 1.82) is 0 Å². The predicted molar refractivity (Wildman–Crippen MR) is 113 cm³/mol. The summed E-state index contributed by atoms with van der Waals surface area (Å²) in [4.78, 5) is 12.9. The SMILES string of the molecule is Cc1cc(C)c(C)c(S(=O)(=O)N2CCC(C(=O)OCc3c(C)noc3C)CC2)c1C. The summed E-state index contributed by atoms with van der Waals surface area (Å²) in [5.74, 6) is 0.0320. The van der Waals surface area contributed by atoms with Crippen LogP contribution in [0.15, 0.2) is 15.5 Å². The van der Waals surface area contributed by atoms with Gasteiger partial charge in [0.1, 0.15) is 12.4 Å². The second kappa shape index (κ2) is 8.51. The summed E-state index contributed by atoms with van der Waals surface area (Å²) in [6.45, 7) is 11.9. The van der Waals surface area contributed by atoms with E-state index in [-0.39, 0.29) is 18.5 Å². The normalized spacial score (nSPS) is 16.1. The molecule has 0 saturated carbocycles. The molecule has 0 atom stereocenters. The molecule has 164 valence electrons. The maximum Gasteiger partial charge on any atom is 0.309 e. The molecule has 3 rings (SSSR count). The number of sulfonamides is 1. The topological polar surface area (TPSA) is 89.7 Å². The fourth-order valence-corrected chi connectivity index (χ4v) is 6.04. The van der Waals surface area contributed by atoms with Gasteiger partial charge in [-0.25, -0.2) is 8.42 Å². The Kier molecular flexibility index (Phi) is 6.38. The Morgan fingerprint density at radius 3 is 2.17 bits per heavy atom. The first-order valence-electron chi connectivity index (χ1n) is 10.2. The van der Waals surface area contributed by atoms with Gasteiger partial charge in [0.25, 0.3) is 0 Å². The summed E-state index contributed by atoms with van der Waals surface area (Å²) >= 11 is 0. The quantitative estimate of drug-likeness (QED) is 0.667. The smallest absolute Gasteiger partial charge is 0.309 e. The van der Waals surface area contributed by atoms with Crippen LogP contribution in [0.5, 0.6) is 0 Å². The molecule has 1 fully saturated rings. The molecule has 0 N–H and O–H groups in total. The van der Waals surface area contributed by atoms with Crippen LogP contribution in [0.25, 0.3) is 0 Å². The van der Waals surface area contributed by atoms with E-state index in [0.29, 0.717) is 42.3 Å². The third kappa shape index (κ3) is 4.16. The minimum absolute atomic E-state index is 0.124. The second-order valence-corrected chi connectivity index (χ2v) is 10.1. The summed E-state index contributed by atoms with van der Waals surface area (Å²) in [5.41, 5.74) is 5.01. The molecule has 0 unspecified atom stereocenters. The van der Waals surface area contributed by atoms with Gasteiger partial charge in [0.2, 0.25) is 10.0 Å². The van der Waals surface area contributed by atoms with Crippen molar-refractivity contribution in [1.82, 2.24) is 9.46 Å². The van der Waals surface area contributed by atoms with E-state index in [2.05, 4.69) is 5.16 Å². The highest BCUT2D eigenvalue weighted by Crippen LogP contribution is 2.31. The van der Waals surface area contributed by atoms with Crippen LogP contribution in [0.3, 0.4) is 0 Å². The Balaban J connectivity index is 1.67. The predicted octanol–water partition coefficient (Wildman–Crippen LogP) is 3.67. The largest absolute Gasteiger partial charge is 0.460 e. The van der Waals surface area contributed by atoms with Gasteiger partial charge in [-0.05, 0) is 76.6 Å². The van der Waals surface area contributed by atoms with E-state index in [1.165, 1.54) is 4.31 Å². The average molecular weight is 435 g/mol. The van der Waals surface area contributed by atoms with Crippen molar-refractivity contribution >= 4 is 16.0 Å². The van der Waals surface area contributed by atoms with Crippen LogP contribution in [0.4, 0.5) is 0 Å². The van der Waals surface area contributed by atoms with E-state index in [0.717, 1.165) is 27.8 Å². The number of hydrogen-bond acceptors (Lipinski definition) is 6. The number of esters is 1. The van der Waals surface area contributed by atoms with Crippen molar-refractivity contribution in [2.45, 2.75) is 65.9 Å². The van der Waals surface area contributed by atoms with Gasteiger partial charge in [-0.2, -0.15) is 4.31 Å². The summed E-state index contributed by atoms with van der Waals surface area (Å²) in [6, 6.07) is 2.02. The molecule has 8 heteroatoms. The van der Waals surface area contributed by atoms with Crippen LogP contribution in [0, 0.1) is 47.5 Å². The summed E-state index contributed by atoms with van der Waals surface area (Å²) in [6.07, 6.45) is 0.894. The molecular weight excluding hydrogens is 404 g/mol. The number of carbonyl (C=O) groups excluding carboxylic acids is 1. The van der Waals surface area contributed by atoms with Crippen LogP contribution in [-0.4, -0.2) is 36.9 Å². The molecule has 1 aromatic heterocycles. The Bertz CT molecular complexity index is 1020. The Morgan fingerprint density at radius 1 is 1.10 bits per heavy atom. The van der Waals surface area contributed by atoms with Gasteiger partial charge >= 0.3 is 5.97 Å². The van der Waals surface area contributed by atoms with Crippen LogP contribution in [0.1, 0.15) is 52.1 Å². The number of carbonyl (C=O) groups is 1. The number of aromatic nitrogens is 1. The fraction of sp³-hybridized carbons (Fsp3) is 0.545. The average Bonchev–Trinajstić information content (AvgIpc) is 3.02. The second-order valence-electron chi connectivity index (χ2n) is 8.18. The van der Waals surface area contributed by atoms with Gasteiger partial charge in [0.05, 0.1) is 22.1 Å². The molecule has 0 bridgehead atoms. The fourth-order valence-electron chi connectivity index (χ4n) is 4.00. The van der Waals surface area contributed by atoms with E-state index in [4.69, 9.17) is 9.26 Å². The van der Waals surface area contributed by atoms with Crippen LogP contribution in [-0.2, 0) is 26.2 Å². The van der Waals surface area contributed by atoms with Crippen molar-refractivity contribution in [3.05, 3.63) is 45.3 Å². The van der Waals surface area contributed by atoms with Crippen molar-refractivity contribution in [2.24, 2.45) is 5.92 Å². The van der Waals surface area contributed by atoms with E-state index < -0.39 is 10.0 Å². The van der Waals surface area contributed by atoms with Crippen LogP contribution >= 0.6 is 0 Å². The molecule has 2 aromatic rings. The first-order valence-corrected chi connectivity index (χ1v) is 11.6. The lowest BCUT2D eigenvalue weighted by atomic mass is 9.98. The molecule has 30 heavy (non-hydrogen) atoms. The molecular formula is C22H30N2O5S. The number of aryl methyl sites for hydroxylation is 4. The van der Waals surface area contributed by atoms with E-state index in [1.54, 1.807) is 13.8 Å². The van der Waals surface area contributed by atoms with Crippen molar-refractivity contribution in [3.8, 4) is 0 Å². The zero-order valence-corrected chi connectivity index (χ0v) is 19.4. The molecule has 0 radical (unpaired) electrons. The Morgan fingerprint density at radius 2 is 1.67 bits per heavy atom. The van der Waals surface area contributed by atoms with E-state index in [1.807, 2.05) is 33.8 Å². The van der Waals surface area contributed by atoms with Gasteiger partial charge in [-0.15, -0.1) is 0 Å². The lowest BCUT2D eigenvalue weighted by Gasteiger charge is -2.31. The third-order valence-corrected chi connectivity index (χ3v) is 8.40. The van der Waals surface area contributed by atoms with Crippen molar-refractivity contribution in [3.63, 3.8) is 0 Å². The zero-order chi connectivity index (χ0) is 22.2. The number of rotatable bonds is 5. The molecule has 1 aliphatic rings. The standard InChI is InChI=1S/C22H30N2O5S/c1-13-11-14(2)16(4)21(15(13)3)30(26,27)24-9-7-19(8-10-24)22(25)28-12-20-17(5)23-29-18(20)6/h11,19H,7-10,12H2,1-6H3. The highest BCUT2D eigenvalue weighted by Gasteiger charge is 2.35. The summed E-state index contributed by atoms with van der Waals surface area (Å²) in [5, 5.41) is 3.86. The van der Waals surface area contributed by atoms with Crippen molar-refractivity contribution < 1.29 is 22.5 Å². The lowest BCUT2D eigenvalue weighted by Crippen LogP contribution is -2.41. The third-order valence-electron chi connectivity index (χ3n) is 6.22. The highest BCUT2D eigenvalue weighted by molar-refractivity contribution is 7.89. The van der Waals surface area contributed by atoms with Gasteiger partial charge in [-0.1, -0.05) is 11.2 Å². The van der Waals surface area contributed by atoms with Crippen LogP contribution in [0.2, 0.25) is 0 Å². The monoisotopic (exact) mass is 434 g/mol. The van der Waals surface area contributed by atoms with Gasteiger partial charge in [0, 0.05) is 13.1 Å². The maximum atomic E-state index is 13.4. The summed E-state index contributed by atoms with van der Waals surface area (Å²) < 4.78 is 38.8. The Hall–Kier alpha value is -2.19. The highest BCUT2D eigenvalue weighted by atomic mass is 32.2. The van der Waals surface area contributed by atoms with E-state index in [9.17, 15) is 13.2 Å². The number of benzene rings is 1. The number of piperidine rings is 1. The first-order chi connectivity index (χ1) is 14.0. The molecule has 1 aliphatic heterocycles. The first kappa shape index (κ1) is 22.5. The van der Waals surface area contributed by atoms with Crippen molar-refractivity contribution in [2.75, 3.05) is 13.1 Å². The molecule has 0 amide bonds. The molecule has 0 spiro atoms.